The van der Waals surface area contributed by atoms with Crippen molar-refractivity contribution in [1.82, 2.24) is 20.0 Å². The summed E-state index contributed by atoms with van der Waals surface area (Å²) in [6, 6.07) is 13.4. The molecule has 31 heavy (non-hydrogen) atoms. The van der Waals surface area contributed by atoms with Gasteiger partial charge in [0.15, 0.2) is 10.1 Å². The van der Waals surface area contributed by atoms with Crippen molar-refractivity contribution in [2.45, 2.75) is 23.1 Å². The van der Waals surface area contributed by atoms with E-state index in [1.807, 2.05) is 37.3 Å². The van der Waals surface area contributed by atoms with Crippen molar-refractivity contribution in [3.05, 3.63) is 60.1 Å². The number of carbonyl (C=O) groups is 2. The second-order valence-corrected chi connectivity index (χ2v) is 9.63. The van der Waals surface area contributed by atoms with Gasteiger partial charge in [-0.05, 0) is 24.6 Å². The highest BCUT2D eigenvalue weighted by molar-refractivity contribution is 8.02. The molecule has 0 radical (unpaired) electrons. The number of anilines is 1. The molecule has 3 aromatic rings. The fraction of sp³-hybridized carbons (Fsp3) is 0.333. The fourth-order valence-electron chi connectivity index (χ4n) is 3.25. The SMILES string of the molecule is CC(Sc1nnc(NCc2ccccc2)s1)C(=O)N1CCN(C(=O)c2ccco2)CC1. The molecule has 1 saturated heterocycles. The number of piperazine rings is 1. The number of amides is 2. The van der Waals surface area contributed by atoms with E-state index in [1.165, 1.54) is 34.9 Å². The zero-order valence-corrected chi connectivity index (χ0v) is 18.7. The number of benzene rings is 1. The highest BCUT2D eigenvalue weighted by Crippen LogP contribution is 2.30. The predicted octanol–water partition coefficient (Wildman–Crippen LogP) is 3.21. The Hall–Kier alpha value is -2.85. The van der Waals surface area contributed by atoms with Crippen LogP contribution in [-0.4, -0.2) is 63.2 Å². The van der Waals surface area contributed by atoms with E-state index < -0.39 is 0 Å². The van der Waals surface area contributed by atoms with Crippen molar-refractivity contribution >= 4 is 40.0 Å². The molecule has 1 aliphatic rings. The van der Waals surface area contributed by atoms with E-state index in [4.69, 9.17) is 4.42 Å². The van der Waals surface area contributed by atoms with E-state index in [9.17, 15) is 9.59 Å². The number of furan rings is 1. The molecule has 0 bridgehead atoms. The Bertz CT molecular complexity index is 1000. The maximum atomic E-state index is 12.8. The third-order valence-corrected chi connectivity index (χ3v) is 6.98. The molecule has 0 aliphatic carbocycles. The quantitative estimate of drug-likeness (QED) is 0.545. The number of thioether (sulfide) groups is 1. The molecule has 8 nitrogen and oxygen atoms in total. The summed E-state index contributed by atoms with van der Waals surface area (Å²) in [6.07, 6.45) is 1.49. The Morgan fingerprint density at radius 3 is 2.55 bits per heavy atom. The van der Waals surface area contributed by atoms with Crippen LogP contribution in [0.3, 0.4) is 0 Å². The molecule has 0 spiro atoms. The average molecular weight is 458 g/mol. The molecular formula is C21H23N5O3S2. The summed E-state index contributed by atoms with van der Waals surface area (Å²) in [7, 11) is 0. The Kier molecular flexibility index (Phi) is 6.88. The topological polar surface area (TPSA) is 91.6 Å². The van der Waals surface area contributed by atoms with Crippen molar-refractivity contribution in [3.63, 3.8) is 0 Å². The van der Waals surface area contributed by atoms with Gasteiger partial charge in [0, 0.05) is 32.7 Å². The molecule has 1 fully saturated rings. The predicted molar refractivity (Wildman–Crippen MR) is 120 cm³/mol. The van der Waals surface area contributed by atoms with Crippen molar-refractivity contribution < 1.29 is 14.0 Å². The largest absolute Gasteiger partial charge is 0.459 e. The first-order chi connectivity index (χ1) is 15.1. The number of carbonyl (C=O) groups excluding carboxylic acids is 2. The van der Waals surface area contributed by atoms with Crippen LogP contribution in [0.1, 0.15) is 23.0 Å². The summed E-state index contributed by atoms with van der Waals surface area (Å²) in [6.45, 7) is 4.57. The minimum atomic E-state index is -0.276. The van der Waals surface area contributed by atoms with Crippen molar-refractivity contribution in [2.24, 2.45) is 0 Å². The van der Waals surface area contributed by atoms with Crippen LogP contribution in [0.4, 0.5) is 5.13 Å². The van der Waals surface area contributed by atoms with E-state index in [1.54, 1.807) is 21.9 Å². The Balaban J connectivity index is 1.24. The molecule has 2 amide bonds. The van der Waals surface area contributed by atoms with Crippen LogP contribution in [0, 0.1) is 0 Å². The first kappa shape index (κ1) is 21.4. The standard InChI is InChI=1S/C21H23N5O3S2/c1-15(30-21-24-23-20(31-21)22-14-16-6-3-2-4-7-16)18(27)25-9-11-26(12-10-25)19(28)17-8-5-13-29-17/h2-8,13,15H,9-12,14H2,1H3,(H,22,23). The van der Waals surface area contributed by atoms with Crippen LogP contribution in [0.25, 0.3) is 0 Å². The molecule has 1 atom stereocenters. The van der Waals surface area contributed by atoms with E-state index in [0.717, 1.165) is 9.47 Å². The van der Waals surface area contributed by atoms with E-state index >= 15 is 0 Å². The molecular weight excluding hydrogens is 434 g/mol. The summed E-state index contributed by atoms with van der Waals surface area (Å²) in [5.74, 6) is 0.240. The average Bonchev–Trinajstić information content (AvgIpc) is 3.50. The first-order valence-electron chi connectivity index (χ1n) is 9.99. The highest BCUT2D eigenvalue weighted by Gasteiger charge is 2.29. The number of nitrogens with one attached hydrogen (secondary N) is 1. The number of rotatable bonds is 7. The van der Waals surface area contributed by atoms with Gasteiger partial charge in [-0.25, -0.2) is 0 Å². The normalized spacial score (nSPS) is 15.0. The Morgan fingerprint density at radius 1 is 1.10 bits per heavy atom. The molecule has 2 aromatic heterocycles. The third kappa shape index (κ3) is 5.45. The van der Waals surface area contributed by atoms with Crippen molar-refractivity contribution in [2.75, 3.05) is 31.5 Å². The van der Waals surface area contributed by atoms with Crippen LogP contribution >= 0.6 is 23.1 Å². The van der Waals surface area contributed by atoms with Gasteiger partial charge in [0.05, 0.1) is 11.5 Å². The lowest BCUT2D eigenvalue weighted by Crippen LogP contribution is -2.52. The summed E-state index contributed by atoms with van der Waals surface area (Å²) >= 11 is 2.85. The lowest BCUT2D eigenvalue weighted by molar-refractivity contribution is -0.131. The van der Waals surface area contributed by atoms with Gasteiger partial charge in [0.25, 0.3) is 5.91 Å². The lowest BCUT2D eigenvalue weighted by Gasteiger charge is -2.35. The fourth-order valence-corrected chi connectivity index (χ4v) is 5.22. The second kappa shape index (κ2) is 9.97. The lowest BCUT2D eigenvalue weighted by atomic mass is 10.2. The summed E-state index contributed by atoms with van der Waals surface area (Å²) in [5, 5.41) is 12.1. The maximum Gasteiger partial charge on any atom is 0.289 e. The molecule has 3 heterocycles. The van der Waals surface area contributed by atoms with Crippen molar-refractivity contribution in [1.29, 1.82) is 0 Å². The molecule has 1 N–H and O–H groups in total. The van der Waals surface area contributed by atoms with Gasteiger partial charge in [-0.1, -0.05) is 53.4 Å². The van der Waals surface area contributed by atoms with Crippen LogP contribution in [-0.2, 0) is 11.3 Å². The van der Waals surface area contributed by atoms with Crippen LogP contribution in [0.15, 0.2) is 57.5 Å². The van der Waals surface area contributed by atoms with Gasteiger partial charge in [-0.3, -0.25) is 9.59 Å². The third-order valence-electron chi connectivity index (χ3n) is 4.93. The van der Waals surface area contributed by atoms with Gasteiger partial charge in [-0.2, -0.15) is 0 Å². The molecule has 1 aromatic carbocycles. The molecule has 1 unspecified atom stereocenters. The minimum Gasteiger partial charge on any atom is -0.459 e. The van der Waals surface area contributed by atoms with Crippen LogP contribution in [0.2, 0.25) is 0 Å². The van der Waals surface area contributed by atoms with Crippen LogP contribution in [0.5, 0.6) is 0 Å². The first-order valence-corrected chi connectivity index (χ1v) is 11.7. The van der Waals surface area contributed by atoms with Crippen LogP contribution < -0.4 is 5.32 Å². The van der Waals surface area contributed by atoms with Gasteiger partial charge < -0.3 is 19.5 Å². The van der Waals surface area contributed by atoms with Gasteiger partial charge in [-0.15, -0.1) is 10.2 Å². The molecule has 162 valence electrons. The smallest absolute Gasteiger partial charge is 0.289 e. The van der Waals surface area contributed by atoms with E-state index in [0.29, 0.717) is 38.5 Å². The monoisotopic (exact) mass is 457 g/mol. The van der Waals surface area contributed by atoms with E-state index in [2.05, 4.69) is 15.5 Å². The minimum absolute atomic E-state index is 0.0455. The summed E-state index contributed by atoms with van der Waals surface area (Å²) in [4.78, 5) is 28.7. The van der Waals surface area contributed by atoms with E-state index in [-0.39, 0.29) is 17.1 Å². The van der Waals surface area contributed by atoms with Gasteiger partial charge >= 0.3 is 0 Å². The zero-order valence-electron chi connectivity index (χ0n) is 17.1. The number of nitrogens with zero attached hydrogens (tertiary/aromatic N) is 4. The number of hydrogen-bond donors (Lipinski definition) is 1. The number of hydrogen-bond acceptors (Lipinski definition) is 8. The van der Waals surface area contributed by atoms with Crippen molar-refractivity contribution in [3.8, 4) is 0 Å². The Morgan fingerprint density at radius 2 is 1.84 bits per heavy atom. The molecule has 1 aliphatic heterocycles. The molecule has 0 saturated carbocycles. The molecule has 4 rings (SSSR count). The summed E-state index contributed by atoms with van der Waals surface area (Å²) < 4.78 is 5.93. The highest BCUT2D eigenvalue weighted by atomic mass is 32.2. The summed E-state index contributed by atoms with van der Waals surface area (Å²) in [5.41, 5.74) is 1.17. The zero-order chi connectivity index (χ0) is 21.6. The maximum absolute atomic E-state index is 12.8. The second-order valence-electron chi connectivity index (χ2n) is 7.07. The van der Waals surface area contributed by atoms with Gasteiger partial charge in [0.1, 0.15) is 0 Å². The van der Waals surface area contributed by atoms with Gasteiger partial charge in [0.2, 0.25) is 11.0 Å². The molecule has 10 heteroatoms. The Labute approximate surface area is 188 Å². The number of aromatic nitrogens is 2.